The highest BCUT2D eigenvalue weighted by molar-refractivity contribution is 7.80. The number of anilines is 1. The second-order valence-electron chi connectivity index (χ2n) is 8.21. The zero-order chi connectivity index (χ0) is 24.0. The fraction of sp³-hybridized carbons (Fsp3) is 0.154. The fourth-order valence-corrected chi connectivity index (χ4v) is 5.40. The van der Waals surface area contributed by atoms with Crippen LogP contribution in [0.3, 0.4) is 0 Å². The standard InChI is InChI=1S/C26H21Cl2FN4S/c1-15-14-19(16(2)32(15)22-8-5-6-20(27)23(22)28)25-24(21-7-3-4-13-30-21)31-26(34)33(25)18-11-9-17(29)10-12-18/h3-14,24-25H,1-2H3,(H,31,34)/t24-,25+/m1/s1. The molecule has 172 valence electrons. The largest absolute Gasteiger partial charge is 0.351 e. The van der Waals surface area contributed by atoms with E-state index < -0.39 is 0 Å². The Kier molecular flexibility index (Phi) is 6.06. The van der Waals surface area contributed by atoms with Crippen molar-refractivity contribution in [3.63, 3.8) is 0 Å². The van der Waals surface area contributed by atoms with Crippen LogP contribution in [0.15, 0.2) is 72.9 Å². The molecule has 0 amide bonds. The van der Waals surface area contributed by atoms with Crippen LogP contribution in [0.1, 0.15) is 34.7 Å². The SMILES string of the molecule is Cc1cc([C@H]2[C@@H](c3ccccn3)NC(=S)N2c2ccc(F)cc2)c(C)n1-c1cccc(Cl)c1Cl. The second kappa shape index (κ2) is 9.02. The minimum absolute atomic E-state index is 0.206. The number of hydrogen-bond donors (Lipinski definition) is 1. The average molecular weight is 511 g/mol. The molecule has 2 aromatic heterocycles. The van der Waals surface area contributed by atoms with Crippen molar-refractivity contribution in [3.8, 4) is 5.69 Å². The van der Waals surface area contributed by atoms with E-state index in [4.69, 9.17) is 35.4 Å². The van der Waals surface area contributed by atoms with Crippen molar-refractivity contribution in [2.75, 3.05) is 4.90 Å². The van der Waals surface area contributed by atoms with Crippen molar-refractivity contribution in [3.05, 3.63) is 111 Å². The zero-order valence-corrected chi connectivity index (χ0v) is 20.8. The van der Waals surface area contributed by atoms with Gasteiger partial charge in [-0.1, -0.05) is 35.3 Å². The van der Waals surface area contributed by atoms with Gasteiger partial charge in [-0.05, 0) is 86.2 Å². The summed E-state index contributed by atoms with van der Waals surface area (Å²) >= 11 is 18.7. The molecule has 0 radical (unpaired) electrons. The highest BCUT2D eigenvalue weighted by Crippen LogP contribution is 2.44. The lowest BCUT2D eigenvalue weighted by Gasteiger charge is -2.28. The van der Waals surface area contributed by atoms with Crippen LogP contribution in [0.25, 0.3) is 5.69 Å². The molecule has 0 unspecified atom stereocenters. The minimum Gasteiger partial charge on any atom is -0.351 e. The quantitative estimate of drug-likeness (QED) is 0.296. The summed E-state index contributed by atoms with van der Waals surface area (Å²) in [5.74, 6) is -0.298. The lowest BCUT2D eigenvalue weighted by atomic mass is 9.96. The monoisotopic (exact) mass is 510 g/mol. The van der Waals surface area contributed by atoms with E-state index in [1.54, 1.807) is 24.4 Å². The molecule has 1 fully saturated rings. The molecule has 0 bridgehead atoms. The fourth-order valence-electron chi connectivity index (χ4n) is 4.67. The van der Waals surface area contributed by atoms with Gasteiger partial charge in [0, 0.05) is 23.3 Å². The zero-order valence-electron chi connectivity index (χ0n) is 18.5. The summed E-state index contributed by atoms with van der Waals surface area (Å²) < 4.78 is 15.8. The van der Waals surface area contributed by atoms with Crippen LogP contribution in [0.5, 0.6) is 0 Å². The van der Waals surface area contributed by atoms with Crippen LogP contribution in [0, 0.1) is 19.7 Å². The Hall–Kier alpha value is -2.93. The van der Waals surface area contributed by atoms with Gasteiger partial charge in [-0.3, -0.25) is 4.98 Å². The molecule has 1 aliphatic heterocycles. The molecule has 0 saturated carbocycles. The Morgan fingerprint density at radius 3 is 2.47 bits per heavy atom. The summed E-state index contributed by atoms with van der Waals surface area (Å²) in [7, 11) is 0. The first-order chi connectivity index (χ1) is 16.4. The highest BCUT2D eigenvalue weighted by Gasteiger charge is 2.42. The number of nitrogens with one attached hydrogen (secondary N) is 1. The lowest BCUT2D eigenvalue weighted by molar-refractivity contribution is 0.565. The Bertz CT molecular complexity index is 1370. The van der Waals surface area contributed by atoms with Crippen LogP contribution >= 0.6 is 35.4 Å². The predicted molar refractivity (Wildman–Crippen MR) is 140 cm³/mol. The molecule has 4 nitrogen and oxygen atoms in total. The molecule has 0 spiro atoms. The van der Waals surface area contributed by atoms with Crippen molar-refractivity contribution in [1.29, 1.82) is 0 Å². The van der Waals surface area contributed by atoms with Gasteiger partial charge < -0.3 is 14.8 Å². The normalized spacial score (nSPS) is 17.8. The Balaban J connectivity index is 1.70. The van der Waals surface area contributed by atoms with Gasteiger partial charge in [0.1, 0.15) is 5.82 Å². The van der Waals surface area contributed by atoms with E-state index in [0.717, 1.165) is 34.0 Å². The van der Waals surface area contributed by atoms with E-state index in [9.17, 15) is 4.39 Å². The molecule has 1 N–H and O–H groups in total. The number of hydrogen-bond acceptors (Lipinski definition) is 2. The number of aryl methyl sites for hydroxylation is 1. The van der Waals surface area contributed by atoms with E-state index in [0.29, 0.717) is 15.2 Å². The Morgan fingerprint density at radius 1 is 1.00 bits per heavy atom. The van der Waals surface area contributed by atoms with Crippen molar-refractivity contribution in [2.24, 2.45) is 0 Å². The topological polar surface area (TPSA) is 33.1 Å². The third-order valence-corrected chi connectivity index (χ3v) is 7.29. The number of thiocarbonyl (C=S) groups is 1. The molecular weight excluding hydrogens is 490 g/mol. The van der Waals surface area contributed by atoms with Crippen molar-refractivity contribution in [2.45, 2.75) is 25.9 Å². The number of nitrogens with zero attached hydrogens (tertiary/aromatic N) is 3. The number of halogens is 3. The molecule has 2 atom stereocenters. The third-order valence-electron chi connectivity index (χ3n) is 6.16. The summed E-state index contributed by atoms with van der Waals surface area (Å²) in [6.45, 7) is 4.09. The van der Waals surface area contributed by atoms with Gasteiger partial charge in [0.15, 0.2) is 5.11 Å². The van der Waals surface area contributed by atoms with Gasteiger partial charge in [-0.25, -0.2) is 4.39 Å². The second-order valence-corrected chi connectivity index (χ2v) is 9.38. The first-order valence-electron chi connectivity index (χ1n) is 10.8. The maximum absolute atomic E-state index is 13.7. The number of pyridine rings is 1. The maximum atomic E-state index is 13.7. The summed E-state index contributed by atoms with van der Waals surface area (Å²) in [6.07, 6.45) is 1.77. The van der Waals surface area contributed by atoms with E-state index in [1.807, 2.05) is 42.2 Å². The van der Waals surface area contributed by atoms with E-state index >= 15 is 0 Å². The maximum Gasteiger partial charge on any atom is 0.174 e. The minimum atomic E-state index is -0.298. The summed E-state index contributed by atoms with van der Waals surface area (Å²) in [5.41, 5.74) is 5.55. The van der Waals surface area contributed by atoms with Crippen molar-refractivity contribution >= 4 is 46.2 Å². The van der Waals surface area contributed by atoms with Gasteiger partial charge in [0.2, 0.25) is 0 Å². The van der Waals surface area contributed by atoms with E-state index in [1.165, 1.54) is 12.1 Å². The van der Waals surface area contributed by atoms with Crippen LogP contribution in [-0.4, -0.2) is 14.7 Å². The van der Waals surface area contributed by atoms with Crippen LogP contribution in [0.4, 0.5) is 10.1 Å². The lowest BCUT2D eigenvalue weighted by Crippen LogP contribution is -2.29. The number of aromatic nitrogens is 2. The van der Waals surface area contributed by atoms with Gasteiger partial charge in [-0.2, -0.15) is 0 Å². The molecule has 34 heavy (non-hydrogen) atoms. The molecular formula is C26H21Cl2FN4S. The molecule has 1 aliphatic rings. The molecule has 3 heterocycles. The Morgan fingerprint density at radius 2 is 1.76 bits per heavy atom. The van der Waals surface area contributed by atoms with E-state index in [-0.39, 0.29) is 17.9 Å². The molecule has 2 aromatic carbocycles. The van der Waals surface area contributed by atoms with Gasteiger partial charge in [-0.15, -0.1) is 0 Å². The van der Waals surface area contributed by atoms with Gasteiger partial charge >= 0.3 is 0 Å². The smallest absolute Gasteiger partial charge is 0.174 e. The first-order valence-corrected chi connectivity index (χ1v) is 11.9. The van der Waals surface area contributed by atoms with Gasteiger partial charge in [0.25, 0.3) is 0 Å². The predicted octanol–water partition coefficient (Wildman–Crippen LogP) is 7.11. The highest BCUT2D eigenvalue weighted by atomic mass is 35.5. The van der Waals surface area contributed by atoms with Crippen LogP contribution < -0.4 is 10.2 Å². The van der Waals surface area contributed by atoms with Crippen molar-refractivity contribution < 1.29 is 4.39 Å². The average Bonchev–Trinajstić information content (AvgIpc) is 3.32. The number of rotatable bonds is 4. The molecule has 5 rings (SSSR count). The Labute approximate surface area is 213 Å². The summed E-state index contributed by atoms with van der Waals surface area (Å²) in [5, 5.41) is 4.99. The molecule has 0 aliphatic carbocycles. The summed E-state index contributed by atoms with van der Waals surface area (Å²) in [4.78, 5) is 6.63. The summed E-state index contributed by atoms with van der Waals surface area (Å²) in [6, 6.07) is 19.5. The molecule has 1 saturated heterocycles. The first kappa shape index (κ1) is 22.8. The number of benzene rings is 2. The third kappa shape index (κ3) is 3.86. The molecule has 8 heteroatoms. The molecule has 4 aromatic rings. The van der Waals surface area contributed by atoms with E-state index in [2.05, 4.69) is 27.9 Å². The van der Waals surface area contributed by atoms with Crippen LogP contribution in [0.2, 0.25) is 10.0 Å². The van der Waals surface area contributed by atoms with Crippen molar-refractivity contribution in [1.82, 2.24) is 14.9 Å². The van der Waals surface area contributed by atoms with Crippen LogP contribution in [-0.2, 0) is 0 Å². The van der Waals surface area contributed by atoms with Gasteiger partial charge in [0.05, 0.1) is 33.5 Å².